The molecule has 2 atom stereocenters. The number of likely N-dealkylation sites (tertiary alicyclic amines) is 1. The van der Waals surface area contributed by atoms with Crippen LogP contribution in [0.25, 0.3) is 0 Å². The number of carbonyl (C=O) groups excluding carboxylic acids is 1. The molecule has 1 aromatic carbocycles. The minimum Gasteiger partial charge on any atom is -0.494 e. The quantitative estimate of drug-likeness (QED) is 0.502. The molecule has 3 heterocycles. The summed E-state index contributed by atoms with van der Waals surface area (Å²) < 4.78 is 11.1. The lowest BCUT2D eigenvalue weighted by Crippen LogP contribution is -2.62. The third-order valence-electron chi connectivity index (χ3n) is 7.95. The van der Waals surface area contributed by atoms with Gasteiger partial charge in [-0.15, -0.1) is 0 Å². The Bertz CT molecular complexity index is 1080. The first-order chi connectivity index (χ1) is 17.8. The Balaban J connectivity index is 1.01. The molecular formula is C28H37ClN4O4. The van der Waals surface area contributed by atoms with Crippen molar-refractivity contribution in [1.29, 1.82) is 0 Å². The lowest BCUT2D eigenvalue weighted by Gasteiger charge is -2.44. The van der Waals surface area contributed by atoms with Crippen LogP contribution in [0.5, 0.6) is 5.75 Å². The van der Waals surface area contributed by atoms with E-state index in [0.29, 0.717) is 31.3 Å². The number of β-amino-alcohol motifs (C(OH)–C–C–N with tert-alkyl or cyclic N) is 1. The van der Waals surface area contributed by atoms with E-state index in [1.54, 1.807) is 25.0 Å². The predicted octanol–water partition coefficient (Wildman–Crippen LogP) is 3.73. The standard InChI is InChI=1S/C28H37ClN4O4/c1-28(35)17-33(18-28)26(34)12-22-3-4-23(13-25(22)29)37-10-7-21-11-24(21)20-5-8-32(9-6-20)27-30-14-19(15-31-27)16-36-2/h3-4,13-15,20-21,24,35H,5-12,16-18H2,1-2H3/t21-,24-/m0/s1. The van der Waals surface area contributed by atoms with Crippen molar-refractivity contribution in [1.82, 2.24) is 14.9 Å². The second-order valence-electron chi connectivity index (χ2n) is 11.1. The number of methoxy groups -OCH3 is 1. The van der Waals surface area contributed by atoms with Crippen molar-refractivity contribution < 1.29 is 19.4 Å². The van der Waals surface area contributed by atoms with Crippen molar-refractivity contribution in [2.45, 2.75) is 51.2 Å². The molecule has 0 spiro atoms. The summed E-state index contributed by atoms with van der Waals surface area (Å²) in [5, 5.41) is 10.4. The number of rotatable bonds is 10. The zero-order valence-corrected chi connectivity index (χ0v) is 22.5. The number of benzene rings is 1. The zero-order chi connectivity index (χ0) is 26.0. The van der Waals surface area contributed by atoms with Gasteiger partial charge in [0.25, 0.3) is 0 Å². The number of hydrogen-bond acceptors (Lipinski definition) is 7. The molecular weight excluding hydrogens is 492 g/mol. The van der Waals surface area contributed by atoms with Gasteiger partial charge in [-0.25, -0.2) is 9.97 Å². The van der Waals surface area contributed by atoms with E-state index in [-0.39, 0.29) is 12.3 Å². The fraction of sp³-hybridized carbons (Fsp3) is 0.607. The number of ether oxygens (including phenoxy) is 2. The maximum absolute atomic E-state index is 12.4. The summed E-state index contributed by atoms with van der Waals surface area (Å²) in [6.07, 6.45) is 8.68. The van der Waals surface area contributed by atoms with Gasteiger partial charge >= 0.3 is 0 Å². The third kappa shape index (κ3) is 6.54. The first kappa shape index (κ1) is 26.2. The maximum atomic E-state index is 12.4. The summed E-state index contributed by atoms with van der Waals surface area (Å²) in [6, 6.07) is 5.57. The van der Waals surface area contributed by atoms with E-state index in [2.05, 4.69) is 14.9 Å². The highest BCUT2D eigenvalue weighted by Crippen LogP contribution is 2.49. The van der Waals surface area contributed by atoms with Crippen molar-refractivity contribution in [3.63, 3.8) is 0 Å². The highest BCUT2D eigenvalue weighted by molar-refractivity contribution is 6.31. The fourth-order valence-electron chi connectivity index (χ4n) is 5.78. The molecule has 1 N–H and O–H groups in total. The molecule has 9 heteroatoms. The van der Waals surface area contributed by atoms with Crippen molar-refractivity contribution in [3.8, 4) is 5.75 Å². The van der Waals surface area contributed by atoms with Crippen molar-refractivity contribution in [2.24, 2.45) is 17.8 Å². The zero-order valence-electron chi connectivity index (χ0n) is 21.7. The van der Waals surface area contributed by atoms with Gasteiger partial charge in [0.2, 0.25) is 11.9 Å². The Labute approximate surface area is 223 Å². The SMILES string of the molecule is COCc1cnc(N2CCC([C@@H]3C[C@@H]3CCOc3ccc(CC(=O)N4CC(C)(O)C4)c(Cl)c3)CC2)nc1. The van der Waals surface area contributed by atoms with Crippen LogP contribution in [0.3, 0.4) is 0 Å². The van der Waals surface area contributed by atoms with Crippen LogP contribution in [0.4, 0.5) is 5.95 Å². The first-order valence-corrected chi connectivity index (χ1v) is 13.7. The average Bonchev–Trinajstić information content (AvgIpc) is 3.64. The van der Waals surface area contributed by atoms with Gasteiger partial charge < -0.3 is 24.4 Å². The summed E-state index contributed by atoms with van der Waals surface area (Å²) in [6.45, 7) is 5.74. The van der Waals surface area contributed by atoms with E-state index in [1.807, 2.05) is 24.5 Å². The molecule has 1 aliphatic carbocycles. The largest absolute Gasteiger partial charge is 0.494 e. The van der Waals surface area contributed by atoms with Crippen LogP contribution in [0.1, 0.15) is 43.7 Å². The molecule has 37 heavy (non-hydrogen) atoms. The lowest BCUT2D eigenvalue weighted by atomic mass is 9.90. The fourth-order valence-corrected chi connectivity index (χ4v) is 6.01. The second-order valence-corrected chi connectivity index (χ2v) is 11.5. The number of aromatic nitrogens is 2. The summed E-state index contributed by atoms with van der Waals surface area (Å²) in [5.74, 6) is 3.87. The molecule has 1 amide bonds. The molecule has 200 valence electrons. The van der Waals surface area contributed by atoms with E-state index < -0.39 is 5.60 Å². The molecule has 0 unspecified atom stereocenters. The smallest absolute Gasteiger partial charge is 0.227 e. The Morgan fingerprint density at radius 1 is 1.22 bits per heavy atom. The van der Waals surface area contributed by atoms with E-state index in [4.69, 9.17) is 21.1 Å². The first-order valence-electron chi connectivity index (χ1n) is 13.3. The summed E-state index contributed by atoms with van der Waals surface area (Å²) in [5.41, 5.74) is 1.02. The van der Waals surface area contributed by atoms with Crippen LogP contribution in [0.2, 0.25) is 5.02 Å². The number of carbonyl (C=O) groups is 1. The highest BCUT2D eigenvalue weighted by atomic mass is 35.5. The number of amides is 1. The number of halogens is 1. The number of aliphatic hydroxyl groups is 1. The molecule has 5 rings (SSSR count). The van der Waals surface area contributed by atoms with Gasteiger partial charge in [-0.1, -0.05) is 17.7 Å². The summed E-state index contributed by atoms with van der Waals surface area (Å²) in [4.78, 5) is 25.4. The molecule has 0 radical (unpaired) electrons. The van der Waals surface area contributed by atoms with E-state index in [9.17, 15) is 9.90 Å². The Kier molecular flexibility index (Phi) is 7.88. The van der Waals surface area contributed by atoms with E-state index in [1.165, 1.54) is 19.3 Å². The Hall–Kier alpha value is -2.42. The van der Waals surface area contributed by atoms with Gasteiger partial charge in [0.1, 0.15) is 5.75 Å². The average molecular weight is 529 g/mol. The minimum absolute atomic E-state index is 0.0137. The predicted molar refractivity (Wildman–Crippen MR) is 142 cm³/mol. The van der Waals surface area contributed by atoms with Gasteiger partial charge in [-0.05, 0) is 68.1 Å². The third-order valence-corrected chi connectivity index (χ3v) is 8.30. The normalized spacial score (nSPS) is 23.0. The number of piperidine rings is 1. The second kappa shape index (κ2) is 11.1. The van der Waals surface area contributed by atoms with Crippen LogP contribution in [-0.4, -0.2) is 71.4 Å². The Morgan fingerprint density at radius 2 is 1.95 bits per heavy atom. The van der Waals surface area contributed by atoms with Crippen molar-refractivity contribution in [2.75, 3.05) is 44.8 Å². The van der Waals surface area contributed by atoms with Crippen LogP contribution in [-0.2, 0) is 22.6 Å². The van der Waals surface area contributed by atoms with Gasteiger partial charge in [0, 0.05) is 43.2 Å². The van der Waals surface area contributed by atoms with Crippen LogP contribution < -0.4 is 9.64 Å². The minimum atomic E-state index is -0.763. The van der Waals surface area contributed by atoms with E-state index in [0.717, 1.165) is 60.1 Å². The van der Waals surface area contributed by atoms with Gasteiger partial charge in [-0.3, -0.25) is 4.79 Å². The van der Waals surface area contributed by atoms with Gasteiger partial charge in [0.15, 0.2) is 0 Å². The highest BCUT2D eigenvalue weighted by Gasteiger charge is 2.43. The molecule has 8 nitrogen and oxygen atoms in total. The molecule has 2 saturated heterocycles. The van der Waals surface area contributed by atoms with Gasteiger partial charge in [0.05, 0.1) is 38.3 Å². The van der Waals surface area contributed by atoms with E-state index >= 15 is 0 Å². The molecule has 2 aliphatic heterocycles. The summed E-state index contributed by atoms with van der Waals surface area (Å²) in [7, 11) is 1.68. The molecule has 0 bridgehead atoms. The molecule has 3 fully saturated rings. The maximum Gasteiger partial charge on any atom is 0.227 e. The monoisotopic (exact) mass is 528 g/mol. The van der Waals surface area contributed by atoms with Crippen LogP contribution >= 0.6 is 11.6 Å². The molecule has 3 aliphatic rings. The number of anilines is 1. The van der Waals surface area contributed by atoms with Crippen molar-refractivity contribution in [3.05, 3.63) is 46.7 Å². The Morgan fingerprint density at radius 3 is 2.59 bits per heavy atom. The number of nitrogens with zero attached hydrogens (tertiary/aromatic N) is 4. The van der Waals surface area contributed by atoms with Crippen LogP contribution in [0, 0.1) is 17.8 Å². The van der Waals surface area contributed by atoms with Crippen LogP contribution in [0.15, 0.2) is 30.6 Å². The molecule has 1 saturated carbocycles. The lowest BCUT2D eigenvalue weighted by molar-refractivity contribution is -0.151. The summed E-state index contributed by atoms with van der Waals surface area (Å²) >= 11 is 6.43. The van der Waals surface area contributed by atoms with Gasteiger partial charge in [-0.2, -0.15) is 0 Å². The molecule has 1 aromatic heterocycles. The molecule has 2 aromatic rings. The number of hydrogen-bond donors (Lipinski definition) is 1. The topological polar surface area (TPSA) is 88.0 Å². The van der Waals surface area contributed by atoms with Crippen molar-refractivity contribution >= 4 is 23.5 Å².